The van der Waals surface area contributed by atoms with Crippen LogP contribution in [0, 0.1) is 17.0 Å². The normalized spacial score (nSPS) is 10.4. The predicted molar refractivity (Wildman–Crippen MR) is 99.5 cm³/mol. The number of non-ortho nitro benzene ring substituents is 1. The van der Waals surface area contributed by atoms with E-state index in [1.807, 2.05) is 31.2 Å². The van der Waals surface area contributed by atoms with E-state index in [9.17, 15) is 19.7 Å². The topological polar surface area (TPSA) is 108 Å². The molecule has 1 N–H and O–H groups in total. The highest BCUT2D eigenvalue weighted by Crippen LogP contribution is 2.28. The van der Waals surface area contributed by atoms with Crippen molar-refractivity contribution in [2.75, 3.05) is 19.0 Å². The molecule has 2 rings (SSSR count). The summed E-state index contributed by atoms with van der Waals surface area (Å²) >= 11 is 0. The number of nitro groups is 1. The Morgan fingerprint density at radius 3 is 2.52 bits per heavy atom. The fourth-order valence-electron chi connectivity index (χ4n) is 2.11. The Hall–Kier alpha value is -3.68. The molecule has 0 unspecified atom stereocenters. The molecule has 0 aliphatic carbocycles. The van der Waals surface area contributed by atoms with Crippen LogP contribution in [0.4, 0.5) is 11.4 Å². The second-order valence-electron chi connectivity index (χ2n) is 5.54. The molecular weight excluding hydrogens is 352 g/mol. The molecular formula is C19H18N2O6. The molecule has 140 valence electrons. The third-order valence-electron chi connectivity index (χ3n) is 3.50. The van der Waals surface area contributed by atoms with Crippen molar-refractivity contribution in [3.63, 3.8) is 0 Å². The zero-order valence-electron chi connectivity index (χ0n) is 14.8. The lowest BCUT2D eigenvalue weighted by molar-refractivity contribution is -0.384. The van der Waals surface area contributed by atoms with E-state index in [0.717, 1.165) is 11.1 Å². The average molecular weight is 370 g/mol. The first-order valence-electron chi connectivity index (χ1n) is 7.93. The van der Waals surface area contributed by atoms with E-state index in [0.29, 0.717) is 0 Å². The highest BCUT2D eigenvalue weighted by molar-refractivity contribution is 5.95. The summed E-state index contributed by atoms with van der Waals surface area (Å²) in [5, 5.41) is 13.2. The molecule has 0 spiro atoms. The summed E-state index contributed by atoms with van der Waals surface area (Å²) in [4.78, 5) is 33.8. The fourth-order valence-corrected chi connectivity index (χ4v) is 2.11. The number of anilines is 1. The molecule has 2 aromatic carbocycles. The molecule has 0 aliphatic rings. The van der Waals surface area contributed by atoms with Crippen LogP contribution in [0.15, 0.2) is 48.5 Å². The SMILES string of the molecule is COc1cc([N+](=O)[O-])ccc1NC(=O)COC(=O)/C=C/c1ccc(C)cc1. The van der Waals surface area contributed by atoms with Gasteiger partial charge < -0.3 is 14.8 Å². The number of esters is 1. The summed E-state index contributed by atoms with van der Waals surface area (Å²) < 4.78 is 9.89. The summed E-state index contributed by atoms with van der Waals surface area (Å²) in [5.74, 6) is -1.14. The Labute approximate surface area is 155 Å². The number of carbonyl (C=O) groups excluding carboxylic acids is 2. The Bertz CT molecular complexity index is 874. The van der Waals surface area contributed by atoms with E-state index >= 15 is 0 Å². The lowest BCUT2D eigenvalue weighted by Gasteiger charge is -2.09. The minimum Gasteiger partial charge on any atom is -0.494 e. The van der Waals surface area contributed by atoms with Crippen LogP contribution >= 0.6 is 0 Å². The van der Waals surface area contributed by atoms with Crippen molar-refractivity contribution < 1.29 is 24.0 Å². The lowest BCUT2D eigenvalue weighted by Crippen LogP contribution is -2.20. The Kier molecular flexibility index (Phi) is 6.65. The number of aryl methyl sites for hydroxylation is 1. The fraction of sp³-hybridized carbons (Fsp3) is 0.158. The molecule has 8 nitrogen and oxygen atoms in total. The van der Waals surface area contributed by atoms with Crippen molar-refractivity contribution in [2.45, 2.75) is 6.92 Å². The van der Waals surface area contributed by atoms with E-state index < -0.39 is 23.4 Å². The molecule has 0 radical (unpaired) electrons. The number of hydrogen-bond donors (Lipinski definition) is 1. The molecule has 0 heterocycles. The van der Waals surface area contributed by atoms with Crippen molar-refractivity contribution >= 4 is 29.3 Å². The van der Waals surface area contributed by atoms with Gasteiger partial charge in [0.1, 0.15) is 5.75 Å². The van der Waals surface area contributed by atoms with Crippen LogP contribution < -0.4 is 10.1 Å². The van der Waals surface area contributed by atoms with Gasteiger partial charge in [-0.15, -0.1) is 0 Å². The number of benzene rings is 2. The second-order valence-corrected chi connectivity index (χ2v) is 5.54. The number of nitro benzene ring substituents is 1. The Morgan fingerprint density at radius 1 is 1.19 bits per heavy atom. The summed E-state index contributed by atoms with van der Waals surface area (Å²) in [6, 6.07) is 11.3. The lowest BCUT2D eigenvalue weighted by atomic mass is 10.1. The number of hydrogen-bond acceptors (Lipinski definition) is 6. The third kappa shape index (κ3) is 5.96. The van der Waals surface area contributed by atoms with Crippen LogP contribution in [0.2, 0.25) is 0 Å². The minimum absolute atomic E-state index is 0.128. The average Bonchev–Trinajstić information content (AvgIpc) is 2.66. The maximum absolute atomic E-state index is 11.9. The van der Waals surface area contributed by atoms with E-state index in [1.54, 1.807) is 6.08 Å². The van der Waals surface area contributed by atoms with Crippen LogP contribution in [-0.4, -0.2) is 30.5 Å². The van der Waals surface area contributed by atoms with Crippen LogP contribution in [0.3, 0.4) is 0 Å². The molecule has 27 heavy (non-hydrogen) atoms. The van der Waals surface area contributed by atoms with Gasteiger partial charge in [0.25, 0.3) is 11.6 Å². The molecule has 0 aromatic heterocycles. The molecule has 0 fully saturated rings. The molecule has 0 saturated heterocycles. The van der Waals surface area contributed by atoms with Crippen LogP contribution in [0.1, 0.15) is 11.1 Å². The van der Waals surface area contributed by atoms with Crippen LogP contribution in [-0.2, 0) is 14.3 Å². The Balaban J connectivity index is 1.89. The first kappa shape index (κ1) is 19.6. The van der Waals surface area contributed by atoms with Gasteiger partial charge in [-0.3, -0.25) is 14.9 Å². The number of nitrogens with zero attached hydrogens (tertiary/aromatic N) is 1. The van der Waals surface area contributed by atoms with Crippen molar-refractivity contribution in [2.24, 2.45) is 0 Å². The van der Waals surface area contributed by atoms with Gasteiger partial charge in [0.05, 0.1) is 23.8 Å². The first-order chi connectivity index (χ1) is 12.9. The predicted octanol–water partition coefficient (Wildman–Crippen LogP) is 3.11. The molecule has 0 atom stereocenters. The largest absolute Gasteiger partial charge is 0.494 e. The van der Waals surface area contributed by atoms with Crippen molar-refractivity contribution in [1.29, 1.82) is 0 Å². The van der Waals surface area contributed by atoms with Gasteiger partial charge in [-0.2, -0.15) is 0 Å². The number of carbonyl (C=O) groups is 2. The van der Waals surface area contributed by atoms with E-state index in [-0.39, 0.29) is 17.1 Å². The van der Waals surface area contributed by atoms with E-state index in [1.165, 1.54) is 31.4 Å². The standard InChI is InChI=1S/C19H18N2O6/c1-13-3-5-14(6-4-13)7-10-19(23)27-12-18(22)20-16-9-8-15(21(24)25)11-17(16)26-2/h3-11H,12H2,1-2H3,(H,20,22)/b10-7+. The number of nitrogens with one attached hydrogen (secondary N) is 1. The number of methoxy groups -OCH3 is 1. The Morgan fingerprint density at radius 2 is 1.89 bits per heavy atom. The molecule has 0 aliphatic heterocycles. The van der Waals surface area contributed by atoms with Gasteiger partial charge in [-0.1, -0.05) is 29.8 Å². The summed E-state index contributed by atoms with van der Waals surface area (Å²) in [6.07, 6.45) is 2.81. The summed E-state index contributed by atoms with van der Waals surface area (Å²) in [6.45, 7) is 1.46. The quantitative estimate of drug-likeness (QED) is 0.347. The highest BCUT2D eigenvalue weighted by atomic mass is 16.6. The van der Waals surface area contributed by atoms with Crippen LogP contribution in [0.5, 0.6) is 5.75 Å². The molecule has 2 aromatic rings. The summed E-state index contributed by atoms with van der Waals surface area (Å²) in [7, 11) is 1.32. The maximum Gasteiger partial charge on any atom is 0.331 e. The molecule has 1 amide bonds. The number of ether oxygens (including phenoxy) is 2. The third-order valence-corrected chi connectivity index (χ3v) is 3.50. The zero-order chi connectivity index (χ0) is 19.8. The van der Waals surface area contributed by atoms with Gasteiger partial charge in [0.2, 0.25) is 0 Å². The second kappa shape index (κ2) is 9.14. The van der Waals surface area contributed by atoms with Crippen LogP contribution in [0.25, 0.3) is 6.08 Å². The van der Waals surface area contributed by atoms with Crippen molar-refractivity contribution in [3.8, 4) is 5.75 Å². The zero-order valence-corrected chi connectivity index (χ0v) is 14.8. The first-order valence-corrected chi connectivity index (χ1v) is 7.93. The molecule has 0 bridgehead atoms. The van der Waals surface area contributed by atoms with Gasteiger partial charge >= 0.3 is 5.97 Å². The van der Waals surface area contributed by atoms with Gasteiger partial charge in [0, 0.05) is 12.1 Å². The van der Waals surface area contributed by atoms with Crippen molar-refractivity contribution in [1.82, 2.24) is 0 Å². The van der Waals surface area contributed by atoms with E-state index in [4.69, 9.17) is 9.47 Å². The summed E-state index contributed by atoms with van der Waals surface area (Å²) in [5.41, 5.74) is 2.00. The van der Waals surface area contributed by atoms with Gasteiger partial charge in [-0.25, -0.2) is 4.79 Å². The molecule has 8 heteroatoms. The highest BCUT2D eigenvalue weighted by Gasteiger charge is 2.14. The van der Waals surface area contributed by atoms with E-state index in [2.05, 4.69) is 5.32 Å². The van der Waals surface area contributed by atoms with Gasteiger partial charge in [-0.05, 0) is 24.6 Å². The maximum atomic E-state index is 11.9. The van der Waals surface area contributed by atoms with Gasteiger partial charge in [0.15, 0.2) is 6.61 Å². The monoisotopic (exact) mass is 370 g/mol. The number of rotatable bonds is 7. The number of amides is 1. The van der Waals surface area contributed by atoms with Crippen molar-refractivity contribution in [3.05, 3.63) is 69.8 Å². The smallest absolute Gasteiger partial charge is 0.331 e. The molecule has 0 saturated carbocycles. The minimum atomic E-state index is -0.665.